The summed E-state index contributed by atoms with van der Waals surface area (Å²) in [7, 11) is 0. The van der Waals surface area contributed by atoms with E-state index in [2.05, 4.69) is 5.18 Å². The molecule has 0 spiro atoms. The molecule has 0 aromatic carbocycles. The van der Waals surface area contributed by atoms with Gasteiger partial charge in [0.15, 0.2) is 0 Å². The lowest BCUT2D eigenvalue weighted by atomic mass is 9.83. The number of carboxylic acid groups (broad SMARTS) is 1. The number of nitrogens with zero attached hydrogens (tertiary/aromatic N) is 1. The average molecular weight is 199 g/mol. The minimum absolute atomic E-state index is 0.0972. The molecule has 1 aliphatic rings. The molecule has 0 heterocycles. The summed E-state index contributed by atoms with van der Waals surface area (Å²) in [5, 5.41) is 12.0. The number of hydrogen-bond acceptors (Lipinski definition) is 3. The van der Waals surface area contributed by atoms with Gasteiger partial charge in [-0.25, -0.2) is 0 Å². The lowest BCUT2D eigenvalue weighted by molar-refractivity contribution is -0.144. The summed E-state index contributed by atoms with van der Waals surface area (Å²) in [6.45, 7) is 5.65. The zero-order valence-corrected chi connectivity index (χ0v) is 8.80. The third-order valence-corrected chi connectivity index (χ3v) is 3.44. The monoisotopic (exact) mass is 199 g/mol. The Morgan fingerprint density at radius 3 is 2.43 bits per heavy atom. The van der Waals surface area contributed by atoms with Crippen LogP contribution in [-0.4, -0.2) is 17.1 Å². The maximum atomic E-state index is 11.0. The van der Waals surface area contributed by atoms with Crippen LogP contribution in [0.15, 0.2) is 5.18 Å². The first kappa shape index (κ1) is 11.1. The van der Waals surface area contributed by atoms with Gasteiger partial charge in [-0.05, 0) is 25.2 Å². The summed E-state index contributed by atoms with van der Waals surface area (Å²) in [5.41, 5.74) is 0. The lowest BCUT2D eigenvalue weighted by Gasteiger charge is -2.22. The second-order valence-electron chi connectivity index (χ2n) is 4.48. The molecule has 80 valence electrons. The van der Waals surface area contributed by atoms with Gasteiger partial charge >= 0.3 is 5.97 Å². The van der Waals surface area contributed by atoms with Gasteiger partial charge in [-0.1, -0.05) is 19.0 Å². The van der Waals surface area contributed by atoms with Crippen LogP contribution < -0.4 is 0 Å². The quantitative estimate of drug-likeness (QED) is 0.708. The van der Waals surface area contributed by atoms with E-state index in [4.69, 9.17) is 5.11 Å². The summed E-state index contributed by atoms with van der Waals surface area (Å²) in [6, 6.07) is -0.393. The normalized spacial score (nSPS) is 39.4. The lowest BCUT2D eigenvalue weighted by Crippen LogP contribution is -2.31. The number of nitroso groups, excluding NO2 is 1. The van der Waals surface area contributed by atoms with Crippen molar-refractivity contribution in [2.75, 3.05) is 0 Å². The molecule has 0 bridgehead atoms. The van der Waals surface area contributed by atoms with E-state index < -0.39 is 17.9 Å². The smallest absolute Gasteiger partial charge is 0.307 e. The van der Waals surface area contributed by atoms with Gasteiger partial charge < -0.3 is 5.11 Å². The van der Waals surface area contributed by atoms with Crippen LogP contribution in [0.5, 0.6) is 0 Å². The van der Waals surface area contributed by atoms with Gasteiger partial charge in [-0.2, -0.15) is 4.91 Å². The van der Waals surface area contributed by atoms with Crippen molar-refractivity contribution in [2.45, 2.75) is 33.2 Å². The fourth-order valence-corrected chi connectivity index (χ4v) is 2.88. The van der Waals surface area contributed by atoms with Crippen molar-refractivity contribution < 1.29 is 9.90 Å². The van der Waals surface area contributed by atoms with E-state index in [9.17, 15) is 9.70 Å². The fraction of sp³-hybridized carbons (Fsp3) is 0.900. The third-order valence-electron chi connectivity index (χ3n) is 3.44. The van der Waals surface area contributed by atoms with Gasteiger partial charge in [0.1, 0.15) is 0 Å². The number of aliphatic carboxylic acids is 1. The number of hydrogen-bond donors (Lipinski definition) is 1. The van der Waals surface area contributed by atoms with Crippen molar-refractivity contribution in [1.29, 1.82) is 0 Å². The largest absolute Gasteiger partial charge is 0.481 e. The van der Waals surface area contributed by atoms with Gasteiger partial charge in [0.05, 0.1) is 12.0 Å². The second-order valence-corrected chi connectivity index (χ2v) is 4.48. The molecule has 1 saturated carbocycles. The number of carbonyl (C=O) groups is 1. The highest BCUT2D eigenvalue weighted by Crippen LogP contribution is 2.43. The molecule has 0 saturated heterocycles. The Kier molecular flexibility index (Phi) is 3.24. The zero-order chi connectivity index (χ0) is 10.9. The highest BCUT2D eigenvalue weighted by Gasteiger charge is 2.46. The summed E-state index contributed by atoms with van der Waals surface area (Å²) in [4.78, 5) is 21.5. The van der Waals surface area contributed by atoms with Crippen LogP contribution in [0.1, 0.15) is 27.2 Å². The van der Waals surface area contributed by atoms with Crippen LogP contribution in [-0.2, 0) is 4.79 Å². The molecular formula is C10H17NO3. The highest BCUT2D eigenvalue weighted by atomic mass is 16.4. The van der Waals surface area contributed by atoms with E-state index in [0.717, 1.165) is 6.42 Å². The predicted molar refractivity (Wildman–Crippen MR) is 52.8 cm³/mol. The molecule has 5 atom stereocenters. The molecular weight excluding hydrogens is 182 g/mol. The van der Waals surface area contributed by atoms with E-state index in [1.165, 1.54) is 0 Å². The molecule has 4 nitrogen and oxygen atoms in total. The predicted octanol–water partition coefficient (Wildman–Crippen LogP) is 2.13. The first-order valence-electron chi connectivity index (χ1n) is 5.04. The van der Waals surface area contributed by atoms with E-state index in [1.807, 2.05) is 13.8 Å². The van der Waals surface area contributed by atoms with Crippen LogP contribution in [0.3, 0.4) is 0 Å². The Morgan fingerprint density at radius 1 is 1.43 bits per heavy atom. The maximum Gasteiger partial charge on any atom is 0.307 e. The molecule has 0 aromatic rings. The zero-order valence-electron chi connectivity index (χ0n) is 8.80. The van der Waals surface area contributed by atoms with E-state index in [-0.39, 0.29) is 17.8 Å². The average Bonchev–Trinajstić information content (AvgIpc) is 2.39. The van der Waals surface area contributed by atoms with Crippen molar-refractivity contribution >= 4 is 5.97 Å². The Morgan fingerprint density at radius 2 is 2.00 bits per heavy atom. The van der Waals surface area contributed by atoms with E-state index in [1.54, 1.807) is 6.92 Å². The Balaban J connectivity index is 2.88. The Bertz CT molecular complexity index is 242. The highest BCUT2D eigenvalue weighted by molar-refractivity contribution is 5.71. The SMILES string of the molecule is CC1CC(C)C(C(C)N=O)C1C(=O)O. The fourth-order valence-electron chi connectivity index (χ4n) is 2.88. The second kappa shape index (κ2) is 4.07. The van der Waals surface area contributed by atoms with Gasteiger partial charge in [0.25, 0.3) is 0 Å². The Hall–Kier alpha value is -0.930. The first-order valence-corrected chi connectivity index (χ1v) is 5.04. The van der Waals surface area contributed by atoms with Crippen LogP contribution in [0.2, 0.25) is 0 Å². The summed E-state index contributed by atoms with van der Waals surface area (Å²) >= 11 is 0. The molecule has 1 fully saturated rings. The molecule has 4 heteroatoms. The molecule has 0 radical (unpaired) electrons. The molecule has 1 aliphatic carbocycles. The van der Waals surface area contributed by atoms with Crippen molar-refractivity contribution in [1.82, 2.24) is 0 Å². The van der Waals surface area contributed by atoms with Gasteiger partial charge in [-0.15, -0.1) is 0 Å². The van der Waals surface area contributed by atoms with Crippen molar-refractivity contribution in [3.8, 4) is 0 Å². The minimum atomic E-state index is -0.789. The van der Waals surface area contributed by atoms with Crippen LogP contribution in [0.25, 0.3) is 0 Å². The van der Waals surface area contributed by atoms with E-state index >= 15 is 0 Å². The summed E-state index contributed by atoms with van der Waals surface area (Å²) in [6.07, 6.45) is 0.876. The topological polar surface area (TPSA) is 66.7 Å². The molecule has 5 unspecified atom stereocenters. The molecule has 0 amide bonds. The third kappa shape index (κ3) is 1.79. The summed E-state index contributed by atoms with van der Waals surface area (Å²) in [5.74, 6) is -0.865. The van der Waals surface area contributed by atoms with Gasteiger partial charge in [0, 0.05) is 5.92 Å². The van der Waals surface area contributed by atoms with E-state index in [0.29, 0.717) is 0 Å². The molecule has 0 aliphatic heterocycles. The number of carboxylic acids is 1. The van der Waals surface area contributed by atoms with Crippen LogP contribution in [0.4, 0.5) is 0 Å². The first-order chi connectivity index (χ1) is 6.49. The van der Waals surface area contributed by atoms with Crippen molar-refractivity contribution in [3.63, 3.8) is 0 Å². The number of rotatable bonds is 3. The molecule has 14 heavy (non-hydrogen) atoms. The van der Waals surface area contributed by atoms with Crippen molar-refractivity contribution in [2.24, 2.45) is 28.8 Å². The van der Waals surface area contributed by atoms with Crippen molar-refractivity contribution in [3.05, 3.63) is 4.91 Å². The molecule has 1 N–H and O–H groups in total. The minimum Gasteiger partial charge on any atom is -0.481 e. The van der Waals surface area contributed by atoms with Crippen LogP contribution in [0, 0.1) is 28.6 Å². The maximum absolute atomic E-state index is 11.0. The summed E-state index contributed by atoms with van der Waals surface area (Å²) < 4.78 is 0. The molecule has 1 rings (SSSR count). The van der Waals surface area contributed by atoms with Crippen LogP contribution >= 0.6 is 0 Å². The standard InChI is InChI=1S/C10H17NO3/c1-5-4-6(2)9(10(12)13)8(5)7(3)11-14/h5-9H,4H2,1-3H3,(H,12,13). The Labute approximate surface area is 83.7 Å². The van der Waals surface area contributed by atoms with Gasteiger partial charge in [0.2, 0.25) is 0 Å². The van der Waals surface area contributed by atoms with Gasteiger partial charge in [-0.3, -0.25) is 4.79 Å². The molecule has 0 aromatic heterocycles.